The third kappa shape index (κ3) is 7.51. The summed E-state index contributed by atoms with van der Waals surface area (Å²) in [4.78, 5) is 62.3. The van der Waals surface area contributed by atoms with E-state index in [4.69, 9.17) is 5.11 Å². The molecule has 3 heterocycles. The van der Waals surface area contributed by atoms with Gasteiger partial charge in [-0.1, -0.05) is 19.9 Å². The first-order chi connectivity index (χ1) is 18.0. The average molecular weight is 524 g/mol. The second-order valence-electron chi connectivity index (χ2n) is 9.53. The van der Waals surface area contributed by atoms with Crippen LogP contribution in [0.25, 0.3) is 11.0 Å². The van der Waals surface area contributed by atoms with Crippen LogP contribution in [0.15, 0.2) is 47.7 Å². The van der Waals surface area contributed by atoms with Crippen molar-refractivity contribution in [3.63, 3.8) is 0 Å². The van der Waals surface area contributed by atoms with E-state index in [0.717, 1.165) is 23.0 Å². The lowest BCUT2D eigenvalue weighted by Gasteiger charge is -2.16. The van der Waals surface area contributed by atoms with E-state index < -0.39 is 23.6 Å². The van der Waals surface area contributed by atoms with Crippen LogP contribution in [0.4, 0.5) is 10.5 Å². The van der Waals surface area contributed by atoms with Gasteiger partial charge in [0.05, 0.1) is 23.8 Å². The van der Waals surface area contributed by atoms with Crippen LogP contribution in [-0.4, -0.2) is 67.6 Å². The molecule has 12 nitrogen and oxygen atoms in total. The number of fused-ring (bicyclic) bond motifs is 1. The summed E-state index contributed by atoms with van der Waals surface area (Å²) in [6.45, 7) is 4.37. The van der Waals surface area contributed by atoms with Gasteiger partial charge >= 0.3 is 6.09 Å². The summed E-state index contributed by atoms with van der Waals surface area (Å²) in [5, 5.41) is 13.8. The third-order valence-electron chi connectivity index (χ3n) is 5.68. The number of H-pyrrole nitrogens is 1. The number of pyridine rings is 2. The summed E-state index contributed by atoms with van der Waals surface area (Å²) in [6, 6.07) is 1.94. The highest BCUT2D eigenvalue weighted by molar-refractivity contribution is 5.96. The zero-order valence-electron chi connectivity index (χ0n) is 21.9. The maximum Gasteiger partial charge on any atom is 0.405 e. The molecule has 0 aliphatic rings. The average Bonchev–Trinajstić information content (AvgIpc) is 3.26. The Kier molecular flexibility index (Phi) is 9.36. The van der Waals surface area contributed by atoms with Gasteiger partial charge in [0, 0.05) is 26.5 Å². The highest BCUT2D eigenvalue weighted by Crippen LogP contribution is 2.18. The second-order valence-corrected chi connectivity index (χ2v) is 9.53. The fourth-order valence-corrected chi connectivity index (χ4v) is 3.85. The molecule has 1 atom stereocenters. The number of allylic oxidation sites excluding steroid dienone is 1. The number of carboxylic acid groups (broad SMARTS) is 1. The van der Waals surface area contributed by atoms with Crippen LogP contribution in [0.5, 0.6) is 0 Å². The van der Waals surface area contributed by atoms with Gasteiger partial charge < -0.3 is 30.2 Å². The number of carbonyl (C=O) groups excluding carboxylic acids is 2. The van der Waals surface area contributed by atoms with Crippen molar-refractivity contribution in [1.82, 2.24) is 29.7 Å². The number of hydrogen-bond donors (Lipinski definition) is 4. The second kappa shape index (κ2) is 12.7. The van der Waals surface area contributed by atoms with Crippen molar-refractivity contribution in [2.75, 3.05) is 19.4 Å². The van der Waals surface area contributed by atoms with Crippen LogP contribution < -0.4 is 16.2 Å². The normalized spacial score (nSPS) is 12.1. The van der Waals surface area contributed by atoms with Gasteiger partial charge in [0.25, 0.3) is 5.56 Å². The molecule has 0 saturated carbocycles. The number of nitrogens with zero attached hydrogens (tertiary/aromatic N) is 4. The molecule has 0 aliphatic heterocycles. The first-order valence-corrected chi connectivity index (χ1v) is 12.2. The Bertz CT molecular complexity index is 1390. The van der Waals surface area contributed by atoms with Crippen LogP contribution in [0.2, 0.25) is 0 Å². The minimum Gasteiger partial charge on any atom is -0.465 e. The van der Waals surface area contributed by atoms with Crippen LogP contribution in [0, 0.1) is 5.92 Å². The fourth-order valence-electron chi connectivity index (χ4n) is 3.85. The van der Waals surface area contributed by atoms with Gasteiger partial charge in [0.15, 0.2) is 0 Å². The van der Waals surface area contributed by atoms with E-state index in [1.807, 2.05) is 0 Å². The molecule has 0 aliphatic carbocycles. The van der Waals surface area contributed by atoms with Crippen LogP contribution in [0.3, 0.4) is 0 Å². The predicted octanol–water partition coefficient (Wildman–Crippen LogP) is 2.37. The van der Waals surface area contributed by atoms with Crippen molar-refractivity contribution >= 4 is 34.6 Å². The lowest BCUT2D eigenvalue weighted by Crippen LogP contribution is -2.44. The van der Waals surface area contributed by atoms with Gasteiger partial charge in [0.2, 0.25) is 11.8 Å². The summed E-state index contributed by atoms with van der Waals surface area (Å²) >= 11 is 0. The molecule has 0 fully saturated rings. The Morgan fingerprint density at radius 3 is 2.68 bits per heavy atom. The molecule has 38 heavy (non-hydrogen) atoms. The van der Waals surface area contributed by atoms with Gasteiger partial charge in [-0.2, -0.15) is 0 Å². The SMILES string of the molecule is CC(C)Cc1cncc2[nH]c(Cn3cccc(NC(=O)C(CCC=CC(=O)N(C)C)NC(=O)O)c3=O)nc12. The topological polar surface area (TPSA) is 162 Å². The number of anilines is 1. The van der Waals surface area contributed by atoms with E-state index in [1.165, 1.54) is 21.6 Å². The number of aromatic amines is 1. The Labute approximate surface area is 219 Å². The Hall–Kier alpha value is -4.48. The van der Waals surface area contributed by atoms with Crippen LogP contribution >= 0.6 is 0 Å². The number of imidazole rings is 1. The number of amides is 3. The number of likely N-dealkylation sites (N-methyl/N-ethyl adjacent to an activating group) is 1. The highest BCUT2D eigenvalue weighted by atomic mass is 16.4. The van der Waals surface area contributed by atoms with Gasteiger partial charge in [-0.3, -0.25) is 19.4 Å². The molecule has 0 aromatic carbocycles. The molecule has 1 unspecified atom stereocenters. The molecule has 0 bridgehead atoms. The molecule has 202 valence electrons. The number of carbonyl (C=O) groups is 3. The maximum atomic E-state index is 13.1. The van der Waals surface area contributed by atoms with Crippen molar-refractivity contribution in [2.45, 2.75) is 45.7 Å². The number of aromatic nitrogens is 4. The van der Waals surface area contributed by atoms with Gasteiger partial charge in [-0.25, -0.2) is 9.78 Å². The van der Waals surface area contributed by atoms with E-state index in [-0.39, 0.29) is 31.0 Å². The minimum absolute atomic E-state index is 0.00583. The van der Waals surface area contributed by atoms with E-state index >= 15 is 0 Å². The standard InChI is InChI=1S/C26H33N7O5/c1-16(2)12-17-13-27-14-20-23(17)31-21(28-20)15-33-11-7-9-19(25(33)36)29-24(35)18(30-26(37)38)8-5-6-10-22(34)32(3)4/h6-7,9-11,13-14,16,18,30H,5,8,12,15H2,1-4H3,(H,28,31)(H,29,35)(H,37,38). The van der Waals surface area contributed by atoms with E-state index in [1.54, 1.807) is 44.8 Å². The van der Waals surface area contributed by atoms with E-state index in [0.29, 0.717) is 11.7 Å². The summed E-state index contributed by atoms with van der Waals surface area (Å²) in [5.74, 6) is 0.0937. The molecule has 3 amide bonds. The summed E-state index contributed by atoms with van der Waals surface area (Å²) in [7, 11) is 3.22. The maximum absolute atomic E-state index is 13.1. The molecular formula is C26H33N7O5. The molecule has 0 saturated heterocycles. The fraction of sp³-hybridized carbons (Fsp3) is 0.385. The van der Waals surface area contributed by atoms with Gasteiger partial charge in [0.1, 0.15) is 17.6 Å². The Morgan fingerprint density at radius 1 is 1.24 bits per heavy atom. The highest BCUT2D eigenvalue weighted by Gasteiger charge is 2.21. The molecule has 4 N–H and O–H groups in total. The van der Waals surface area contributed by atoms with Crippen molar-refractivity contribution < 1.29 is 19.5 Å². The summed E-state index contributed by atoms with van der Waals surface area (Å²) in [5.41, 5.74) is 2.15. The number of rotatable bonds is 11. The smallest absolute Gasteiger partial charge is 0.405 e. The molecule has 0 radical (unpaired) electrons. The lowest BCUT2D eigenvalue weighted by atomic mass is 10.0. The van der Waals surface area contributed by atoms with Crippen LogP contribution in [-0.2, 0) is 22.6 Å². The van der Waals surface area contributed by atoms with Crippen molar-refractivity contribution in [1.29, 1.82) is 0 Å². The molecule has 12 heteroatoms. The van der Waals surface area contributed by atoms with Gasteiger partial charge in [-0.05, 0) is 49.0 Å². The molecule has 3 aromatic rings. The van der Waals surface area contributed by atoms with Crippen molar-refractivity contribution in [2.24, 2.45) is 5.92 Å². The first-order valence-electron chi connectivity index (χ1n) is 12.2. The molecule has 0 spiro atoms. The quantitative estimate of drug-likeness (QED) is 0.280. The van der Waals surface area contributed by atoms with Crippen molar-refractivity contribution in [3.8, 4) is 0 Å². The zero-order valence-corrected chi connectivity index (χ0v) is 21.9. The Balaban J connectivity index is 1.74. The molecular weight excluding hydrogens is 490 g/mol. The molecule has 3 aromatic heterocycles. The predicted molar refractivity (Wildman–Crippen MR) is 143 cm³/mol. The zero-order chi connectivity index (χ0) is 27.8. The minimum atomic E-state index is -1.37. The molecule has 3 rings (SSSR count). The lowest BCUT2D eigenvalue weighted by molar-refractivity contribution is -0.123. The number of hydrogen-bond acceptors (Lipinski definition) is 6. The third-order valence-corrected chi connectivity index (χ3v) is 5.68. The van der Waals surface area contributed by atoms with E-state index in [2.05, 4.69) is 39.4 Å². The van der Waals surface area contributed by atoms with Gasteiger partial charge in [-0.15, -0.1) is 0 Å². The monoisotopic (exact) mass is 523 g/mol. The van der Waals surface area contributed by atoms with E-state index in [9.17, 15) is 19.2 Å². The Morgan fingerprint density at radius 2 is 2.00 bits per heavy atom. The first kappa shape index (κ1) is 28.1. The summed E-state index contributed by atoms with van der Waals surface area (Å²) in [6.07, 6.45) is 7.81. The number of nitrogens with one attached hydrogen (secondary N) is 3. The van der Waals surface area contributed by atoms with Crippen molar-refractivity contribution in [3.05, 3.63) is 64.6 Å². The summed E-state index contributed by atoms with van der Waals surface area (Å²) < 4.78 is 1.40. The largest absolute Gasteiger partial charge is 0.465 e. The van der Waals surface area contributed by atoms with Crippen LogP contribution in [0.1, 0.15) is 38.1 Å².